The van der Waals surface area contributed by atoms with Gasteiger partial charge >= 0.3 is 266 Å². The van der Waals surface area contributed by atoms with E-state index in [9.17, 15) is 19.2 Å². The summed E-state index contributed by atoms with van der Waals surface area (Å²) in [5.41, 5.74) is 1.06. The summed E-state index contributed by atoms with van der Waals surface area (Å²) in [7, 11) is -7.47. The third-order valence-electron chi connectivity index (χ3n) is 6.90. The maximum atomic E-state index is 14.5. The zero-order valence-corrected chi connectivity index (χ0v) is 31.0. The minimum absolute atomic E-state index is 0.264. The summed E-state index contributed by atoms with van der Waals surface area (Å²) in [4.78, 5) is 57.9. The van der Waals surface area contributed by atoms with Gasteiger partial charge in [0.25, 0.3) is 0 Å². The molecule has 4 aromatic carbocycles. The Kier molecular flexibility index (Phi) is 9.35. The first kappa shape index (κ1) is 32.3. The molecule has 1 saturated heterocycles. The molecular formula is C32H32Ge2O8Si2. The van der Waals surface area contributed by atoms with Crippen molar-refractivity contribution in [1.29, 1.82) is 0 Å². The molecule has 1 aliphatic heterocycles. The fourth-order valence-electron chi connectivity index (χ4n) is 5.16. The van der Waals surface area contributed by atoms with E-state index in [1.54, 1.807) is 148 Å². The van der Waals surface area contributed by atoms with Gasteiger partial charge in [0.2, 0.25) is 0 Å². The molecule has 0 atom stereocenters. The fraction of sp³-hybridized carbons (Fsp3) is 0.125. The van der Waals surface area contributed by atoms with Crippen molar-refractivity contribution in [3.8, 4) is 0 Å². The second-order valence-electron chi connectivity index (χ2n) is 11.2. The van der Waals surface area contributed by atoms with E-state index in [1.165, 1.54) is 0 Å². The molecule has 0 unspecified atom stereocenters. The van der Waals surface area contributed by atoms with Crippen molar-refractivity contribution >= 4 is 63.5 Å². The van der Waals surface area contributed by atoms with Gasteiger partial charge < -0.3 is 0 Å². The first-order valence-electron chi connectivity index (χ1n) is 14.1. The molecule has 4 aromatic rings. The molecular weight excluding hydrogens is 714 g/mol. The predicted octanol–water partition coefficient (Wildman–Crippen LogP) is 6.04. The number of rotatable bonds is 8. The van der Waals surface area contributed by atoms with E-state index >= 15 is 0 Å². The van der Waals surface area contributed by atoms with Crippen LogP contribution < -0.4 is 0 Å². The summed E-state index contributed by atoms with van der Waals surface area (Å²) in [5, 5.41) is 0. The average molecular weight is 746 g/mol. The molecule has 1 aliphatic rings. The van der Waals surface area contributed by atoms with Gasteiger partial charge in [-0.1, -0.05) is 0 Å². The van der Waals surface area contributed by atoms with Crippen molar-refractivity contribution in [2.45, 2.75) is 26.2 Å². The normalized spacial score (nSPS) is 18.3. The van der Waals surface area contributed by atoms with Gasteiger partial charge in [-0.05, 0) is 0 Å². The van der Waals surface area contributed by atoms with Crippen LogP contribution in [0.5, 0.6) is 0 Å². The summed E-state index contributed by atoms with van der Waals surface area (Å²) >= 11 is -10.7. The number of carbonyl (C=O) groups is 4. The van der Waals surface area contributed by atoms with Crippen molar-refractivity contribution in [2.24, 2.45) is 0 Å². The molecule has 1 heterocycles. The van der Waals surface area contributed by atoms with E-state index in [2.05, 4.69) is 0 Å². The van der Waals surface area contributed by atoms with Crippen molar-refractivity contribution in [3.05, 3.63) is 144 Å². The first-order chi connectivity index (χ1) is 20.9. The van der Waals surface area contributed by atoms with Crippen molar-refractivity contribution < 1.29 is 33.0 Å². The van der Waals surface area contributed by atoms with E-state index in [0.717, 1.165) is 0 Å². The van der Waals surface area contributed by atoms with Gasteiger partial charge in [-0.25, -0.2) is 0 Å². The van der Waals surface area contributed by atoms with Crippen LogP contribution in [0, 0.1) is 0 Å². The monoisotopic (exact) mass is 748 g/mol. The van der Waals surface area contributed by atoms with E-state index in [-0.39, 0.29) is 22.3 Å². The summed E-state index contributed by atoms with van der Waals surface area (Å²) < 4.78 is 24.8. The van der Waals surface area contributed by atoms with Gasteiger partial charge in [-0.3, -0.25) is 0 Å². The third-order valence-corrected chi connectivity index (χ3v) is 37.1. The van der Waals surface area contributed by atoms with Crippen molar-refractivity contribution in [2.75, 3.05) is 0 Å². The van der Waals surface area contributed by atoms with E-state index < -0.39 is 63.5 Å². The van der Waals surface area contributed by atoms with Gasteiger partial charge in [0, 0.05) is 0 Å². The Morgan fingerprint density at radius 3 is 0.750 bits per heavy atom. The molecule has 0 radical (unpaired) electrons. The van der Waals surface area contributed by atoms with Gasteiger partial charge in [-0.2, -0.15) is 0 Å². The van der Waals surface area contributed by atoms with Crippen LogP contribution in [0.4, 0.5) is 0 Å². The predicted molar refractivity (Wildman–Crippen MR) is 174 cm³/mol. The van der Waals surface area contributed by atoms with Crippen LogP contribution in [0.2, 0.25) is 26.2 Å². The van der Waals surface area contributed by atoms with E-state index in [0.29, 0.717) is 0 Å². The quantitative estimate of drug-likeness (QED) is 0.201. The Morgan fingerprint density at radius 1 is 0.386 bits per heavy atom. The van der Waals surface area contributed by atoms with Crippen LogP contribution in [0.15, 0.2) is 121 Å². The molecule has 1 fully saturated rings. The molecule has 12 heteroatoms. The average Bonchev–Trinajstić information content (AvgIpc) is 3.03. The van der Waals surface area contributed by atoms with E-state index in [4.69, 9.17) is 13.8 Å². The van der Waals surface area contributed by atoms with Gasteiger partial charge in [0.05, 0.1) is 0 Å². The summed E-state index contributed by atoms with van der Waals surface area (Å²) in [6, 6.07) is 33.6. The number of hydrogen-bond donors (Lipinski definition) is 0. The first-order valence-corrected chi connectivity index (χ1v) is 27.3. The molecule has 8 nitrogen and oxygen atoms in total. The molecule has 0 aromatic heterocycles. The van der Waals surface area contributed by atoms with Gasteiger partial charge in [-0.15, -0.1) is 0 Å². The Bertz CT molecular complexity index is 1430. The fourth-order valence-corrected chi connectivity index (χ4v) is 41.5. The molecule has 0 amide bonds. The Hall–Kier alpha value is -3.08. The van der Waals surface area contributed by atoms with E-state index in [1.807, 2.05) is 0 Å². The van der Waals surface area contributed by atoms with Crippen molar-refractivity contribution in [3.63, 3.8) is 0 Å². The molecule has 224 valence electrons. The van der Waals surface area contributed by atoms with Crippen LogP contribution in [-0.2, 0) is 13.8 Å². The second kappa shape index (κ2) is 12.7. The van der Waals surface area contributed by atoms with Crippen LogP contribution in [0.1, 0.15) is 41.4 Å². The van der Waals surface area contributed by atoms with Crippen LogP contribution >= 0.6 is 0 Å². The maximum absolute atomic E-state index is 14.5. The molecule has 0 spiro atoms. The second-order valence-corrected chi connectivity index (χ2v) is 31.8. The SMILES string of the molecule is C[Si]1(C)[O][Ge]([C](=O)c2ccccc2)([C](=O)c2ccccc2)[O][Si](C)(C)[O][Ge]([C](=O)c2ccccc2)([C](=O)c2ccccc2)[O]1. The minimum atomic E-state index is -5.35. The summed E-state index contributed by atoms with van der Waals surface area (Å²) in [5.74, 6) is 0. The van der Waals surface area contributed by atoms with Crippen LogP contribution in [0.25, 0.3) is 0 Å². The van der Waals surface area contributed by atoms with Crippen LogP contribution in [-0.4, -0.2) is 63.5 Å². The topological polar surface area (TPSA) is 105 Å². The number of hydrogen-bond acceptors (Lipinski definition) is 8. The van der Waals surface area contributed by atoms with Gasteiger partial charge in [0.1, 0.15) is 0 Å². The Morgan fingerprint density at radius 2 is 0.568 bits per heavy atom. The Labute approximate surface area is 264 Å². The molecule has 0 N–H and O–H groups in total. The molecule has 0 bridgehead atoms. The molecule has 0 aliphatic carbocycles. The molecule has 44 heavy (non-hydrogen) atoms. The zero-order chi connectivity index (χ0) is 31.6. The van der Waals surface area contributed by atoms with Gasteiger partial charge in [0.15, 0.2) is 0 Å². The molecule has 5 rings (SSSR count). The third kappa shape index (κ3) is 6.48. The summed E-state index contributed by atoms with van der Waals surface area (Å²) in [6.07, 6.45) is 0. The van der Waals surface area contributed by atoms with Crippen molar-refractivity contribution in [1.82, 2.24) is 0 Å². The zero-order valence-electron chi connectivity index (χ0n) is 24.8. The summed E-state index contributed by atoms with van der Waals surface area (Å²) in [6.45, 7) is 6.53. The Balaban J connectivity index is 1.71. The molecule has 0 saturated carbocycles. The number of carbonyl (C=O) groups excluding carboxylic acids is 4. The standard InChI is InChI=1S/C32H32Ge2O8Si2/c1-43(2)39-33(29(35)25-17-9-5-10-18-25,30(36)26-19-11-6-12-20-26)41-44(3,4)42-34(40-43,31(37)27-21-13-7-14-22-27)32(38)28-23-15-8-16-24-28/h5-24H,1-4H3. The van der Waals surface area contributed by atoms with Crippen LogP contribution in [0.3, 0.4) is 0 Å². The number of benzene rings is 4.